The second-order valence-electron chi connectivity index (χ2n) is 5.09. The summed E-state index contributed by atoms with van der Waals surface area (Å²) in [6.07, 6.45) is 8.39. The van der Waals surface area contributed by atoms with Gasteiger partial charge in [-0.3, -0.25) is 4.90 Å². The normalized spacial score (nSPS) is 28.9. The van der Waals surface area contributed by atoms with Crippen molar-refractivity contribution in [1.82, 2.24) is 4.90 Å². The third-order valence-electron chi connectivity index (χ3n) is 4.12. The van der Waals surface area contributed by atoms with Crippen molar-refractivity contribution in [3.8, 4) is 6.07 Å². The molecule has 1 unspecified atom stereocenters. The second kappa shape index (κ2) is 3.90. The van der Waals surface area contributed by atoms with Crippen molar-refractivity contribution in [2.45, 2.75) is 51.5 Å². The number of hydrogen-bond donors (Lipinski definition) is 0. The Morgan fingerprint density at radius 3 is 2.57 bits per heavy atom. The first-order valence-electron chi connectivity index (χ1n) is 5.89. The molecule has 1 aliphatic heterocycles. The minimum absolute atomic E-state index is 0.122. The molecule has 0 N–H and O–H groups in total. The number of nitriles is 1. The average Bonchev–Trinajstić information content (AvgIpc) is 2.62. The lowest BCUT2D eigenvalue weighted by atomic mass is 9.73. The molecule has 0 radical (unpaired) electrons. The van der Waals surface area contributed by atoms with Crippen molar-refractivity contribution < 1.29 is 0 Å². The van der Waals surface area contributed by atoms with E-state index >= 15 is 0 Å². The standard InChI is InChI=1S/C12H20N2/c1-11(9-13)14-8-7-12(10-14)5-3-2-4-6-12/h11H,2-8,10H2,1H3. The summed E-state index contributed by atoms with van der Waals surface area (Å²) in [6.45, 7) is 4.36. The summed E-state index contributed by atoms with van der Waals surface area (Å²) in [4.78, 5) is 2.37. The zero-order chi connectivity index (χ0) is 10.0. The Bertz CT molecular complexity index is 235. The summed E-state index contributed by atoms with van der Waals surface area (Å²) < 4.78 is 0. The van der Waals surface area contributed by atoms with Crippen LogP contribution >= 0.6 is 0 Å². The fraction of sp³-hybridized carbons (Fsp3) is 0.917. The smallest absolute Gasteiger partial charge is 0.0949 e. The largest absolute Gasteiger partial charge is 0.288 e. The van der Waals surface area contributed by atoms with Crippen LogP contribution in [0.2, 0.25) is 0 Å². The molecule has 0 aromatic heterocycles. The Kier molecular flexibility index (Phi) is 2.78. The lowest BCUT2D eigenvalue weighted by Gasteiger charge is -2.33. The van der Waals surface area contributed by atoms with Gasteiger partial charge in [0.15, 0.2) is 0 Å². The van der Waals surface area contributed by atoms with E-state index in [0.717, 1.165) is 6.54 Å². The maximum Gasteiger partial charge on any atom is 0.0949 e. The SMILES string of the molecule is CC(C#N)N1CCC2(CCCCC2)C1. The molecular weight excluding hydrogens is 172 g/mol. The minimum Gasteiger partial charge on any atom is -0.288 e. The maximum absolute atomic E-state index is 8.89. The molecule has 14 heavy (non-hydrogen) atoms. The van der Waals surface area contributed by atoms with E-state index in [0.29, 0.717) is 5.41 Å². The molecule has 0 bridgehead atoms. The van der Waals surface area contributed by atoms with Gasteiger partial charge in [-0.05, 0) is 38.1 Å². The number of likely N-dealkylation sites (tertiary alicyclic amines) is 1. The van der Waals surface area contributed by atoms with Crippen LogP contribution in [-0.2, 0) is 0 Å². The third kappa shape index (κ3) is 1.79. The summed E-state index contributed by atoms with van der Waals surface area (Å²) in [5.74, 6) is 0. The van der Waals surface area contributed by atoms with Gasteiger partial charge in [0.05, 0.1) is 12.1 Å². The Morgan fingerprint density at radius 1 is 1.21 bits per heavy atom. The molecule has 2 nitrogen and oxygen atoms in total. The maximum atomic E-state index is 8.89. The molecule has 1 saturated heterocycles. The van der Waals surface area contributed by atoms with Gasteiger partial charge in [-0.2, -0.15) is 5.26 Å². The first-order chi connectivity index (χ1) is 6.76. The molecule has 2 fully saturated rings. The molecule has 0 aromatic carbocycles. The van der Waals surface area contributed by atoms with E-state index in [1.807, 2.05) is 6.92 Å². The van der Waals surface area contributed by atoms with Crippen molar-refractivity contribution in [2.24, 2.45) is 5.41 Å². The highest BCUT2D eigenvalue weighted by Gasteiger charge is 2.39. The minimum atomic E-state index is 0.122. The molecule has 0 amide bonds. The van der Waals surface area contributed by atoms with Crippen LogP contribution < -0.4 is 0 Å². The molecule has 0 aromatic rings. The highest BCUT2D eigenvalue weighted by atomic mass is 15.2. The van der Waals surface area contributed by atoms with Crippen LogP contribution in [0, 0.1) is 16.7 Å². The van der Waals surface area contributed by atoms with Crippen LogP contribution in [0.25, 0.3) is 0 Å². The van der Waals surface area contributed by atoms with Gasteiger partial charge in [0.2, 0.25) is 0 Å². The summed E-state index contributed by atoms with van der Waals surface area (Å²) in [5.41, 5.74) is 0.601. The van der Waals surface area contributed by atoms with Crippen LogP contribution in [0.1, 0.15) is 45.4 Å². The molecule has 1 aliphatic carbocycles. The van der Waals surface area contributed by atoms with Crippen molar-refractivity contribution in [1.29, 1.82) is 5.26 Å². The van der Waals surface area contributed by atoms with E-state index < -0.39 is 0 Å². The molecule has 1 spiro atoms. The number of rotatable bonds is 1. The van der Waals surface area contributed by atoms with Crippen molar-refractivity contribution >= 4 is 0 Å². The molecule has 2 aliphatic rings. The molecule has 1 saturated carbocycles. The number of hydrogen-bond acceptors (Lipinski definition) is 2. The van der Waals surface area contributed by atoms with Crippen LogP contribution in [0.15, 0.2) is 0 Å². The van der Waals surface area contributed by atoms with Gasteiger partial charge in [-0.15, -0.1) is 0 Å². The van der Waals surface area contributed by atoms with Gasteiger partial charge in [0.25, 0.3) is 0 Å². The third-order valence-corrected chi connectivity index (χ3v) is 4.12. The second-order valence-corrected chi connectivity index (χ2v) is 5.09. The first-order valence-corrected chi connectivity index (χ1v) is 5.89. The van der Waals surface area contributed by atoms with Crippen molar-refractivity contribution in [3.05, 3.63) is 0 Å². The Balaban J connectivity index is 1.96. The number of nitrogens with zero attached hydrogens (tertiary/aromatic N) is 2. The highest BCUT2D eigenvalue weighted by molar-refractivity contribution is 4.98. The zero-order valence-electron chi connectivity index (χ0n) is 9.13. The molecular formula is C12H20N2. The van der Waals surface area contributed by atoms with Gasteiger partial charge in [-0.1, -0.05) is 19.3 Å². The predicted octanol–water partition coefficient (Wildman–Crippen LogP) is 2.55. The predicted molar refractivity (Wildman–Crippen MR) is 56.8 cm³/mol. The Labute approximate surface area is 86.9 Å². The van der Waals surface area contributed by atoms with E-state index in [1.165, 1.54) is 45.1 Å². The van der Waals surface area contributed by atoms with Gasteiger partial charge in [-0.25, -0.2) is 0 Å². The fourth-order valence-electron chi connectivity index (χ4n) is 3.09. The van der Waals surface area contributed by atoms with Crippen LogP contribution in [0.4, 0.5) is 0 Å². The summed E-state index contributed by atoms with van der Waals surface area (Å²) >= 11 is 0. The van der Waals surface area contributed by atoms with Gasteiger partial charge in [0.1, 0.15) is 0 Å². The zero-order valence-corrected chi connectivity index (χ0v) is 9.13. The van der Waals surface area contributed by atoms with Crippen LogP contribution in [0.5, 0.6) is 0 Å². The summed E-state index contributed by atoms with van der Waals surface area (Å²) in [6, 6.07) is 2.48. The topological polar surface area (TPSA) is 27.0 Å². The van der Waals surface area contributed by atoms with E-state index in [-0.39, 0.29) is 6.04 Å². The first kappa shape index (κ1) is 9.98. The van der Waals surface area contributed by atoms with Gasteiger partial charge in [0, 0.05) is 6.54 Å². The van der Waals surface area contributed by atoms with Gasteiger partial charge < -0.3 is 0 Å². The van der Waals surface area contributed by atoms with E-state index in [9.17, 15) is 0 Å². The van der Waals surface area contributed by atoms with Crippen LogP contribution in [-0.4, -0.2) is 24.0 Å². The average molecular weight is 192 g/mol. The summed E-state index contributed by atoms with van der Waals surface area (Å²) in [5, 5.41) is 8.89. The fourth-order valence-corrected chi connectivity index (χ4v) is 3.09. The molecule has 1 heterocycles. The summed E-state index contributed by atoms with van der Waals surface area (Å²) in [7, 11) is 0. The van der Waals surface area contributed by atoms with E-state index in [1.54, 1.807) is 0 Å². The van der Waals surface area contributed by atoms with Crippen LogP contribution in [0.3, 0.4) is 0 Å². The Morgan fingerprint density at radius 2 is 1.93 bits per heavy atom. The van der Waals surface area contributed by atoms with Crippen molar-refractivity contribution in [2.75, 3.05) is 13.1 Å². The molecule has 78 valence electrons. The quantitative estimate of drug-likeness (QED) is 0.638. The molecule has 1 atom stereocenters. The lowest BCUT2D eigenvalue weighted by Crippen LogP contribution is -2.33. The van der Waals surface area contributed by atoms with E-state index in [4.69, 9.17) is 5.26 Å². The lowest BCUT2D eigenvalue weighted by molar-refractivity contribution is 0.179. The van der Waals surface area contributed by atoms with E-state index in [2.05, 4.69) is 11.0 Å². The van der Waals surface area contributed by atoms with Gasteiger partial charge >= 0.3 is 0 Å². The molecule has 2 rings (SSSR count). The highest BCUT2D eigenvalue weighted by Crippen LogP contribution is 2.43. The molecule has 2 heteroatoms. The van der Waals surface area contributed by atoms with Crippen molar-refractivity contribution in [3.63, 3.8) is 0 Å². The monoisotopic (exact) mass is 192 g/mol. The Hall–Kier alpha value is -0.550.